The Morgan fingerprint density at radius 2 is 1.28 bits per heavy atom. The van der Waals surface area contributed by atoms with Gasteiger partial charge in [-0.15, -0.1) is 0 Å². The van der Waals surface area contributed by atoms with Crippen molar-refractivity contribution in [3.63, 3.8) is 0 Å². The SMILES string of the molecule is C[C@H](OC(=O)c1ccc(C(=O)c2ccccc2)cc1)C(=O)NCc1ccccc1. The zero-order valence-electron chi connectivity index (χ0n) is 16.0. The molecule has 0 aromatic heterocycles. The minimum absolute atomic E-state index is 0.126. The smallest absolute Gasteiger partial charge is 0.338 e. The van der Waals surface area contributed by atoms with Crippen LogP contribution in [-0.4, -0.2) is 23.8 Å². The van der Waals surface area contributed by atoms with Gasteiger partial charge in [-0.3, -0.25) is 9.59 Å². The molecule has 0 heterocycles. The van der Waals surface area contributed by atoms with Crippen LogP contribution in [0.3, 0.4) is 0 Å². The molecule has 29 heavy (non-hydrogen) atoms. The molecular formula is C24H21NO4. The van der Waals surface area contributed by atoms with Gasteiger partial charge in [0.2, 0.25) is 0 Å². The number of amides is 1. The minimum Gasteiger partial charge on any atom is -0.449 e. The lowest BCUT2D eigenvalue weighted by Crippen LogP contribution is -2.35. The fourth-order valence-corrected chi connectivity index (χ4v) is 2.72. The maximum absolute atomic E-state index is 12.4. The number of esters is 1. The molecule has 1 amide bonds. The van der Waals surface area contributed by atoms with Crippen LogP contribution in [-0.2, 0) is 16.1 Å². The van der Waals surface area contributed by atoms with Gasteiger partial charge in [0.1, 0.15) is 0 Å². The maximum Gasteiger partial charge on any atom is 0.338 e. The van der Waals surface area contributed by atoms with E-state index in [-0.39, 0.29) is 17.3 Å². The largest absolute Gasteiger partial charge is 0.449 e. The molecule has 0 aliphatic carbocycles. The number of carbonyl (C=O) groups is 3. The molecule has 0 bridgehead atoms. The average Bonchev–Trinajstić information content (AvgIpc) is 2.78. The van der Waals surface area contributed by atoms with Crippen molar-refractivity contribution >= 4 is 17.7 Å². The summed E-state index contributed by atoms with van der Waals surface area (Å²) in [6.45, 7) is 1.88. The number of hydrogen-bond acceptors (Lipinski definition) is 4. The number of hydrogen-bond donors (Lipinski definition) is 1. The molecule has 0 unspecified atom stereocenters. The summed E-state index contributed by atoms with van der Waals surface area (Å²) in [5.74, 6) is -1.12. The second-order valence-corrected chi connectivity index (χ2v) is 6.52. The average molecular weight is 387 g/mol. The molecule has 1 N–H and O–H groups in total. The highest BCUT2D eigenvalue weighted by molar-refractivity contribution is 6.09. The lowest BCUT2D eigenvalue weighted by molar-refractivity contribution is -0.129. The second kappa shape index (κ2) is 9.46. The minimum atomic E-state index is -0.933. The van der Waals surface area contributed by atoms with Gasteiger partial charge in [0.15, 0.2) is 11.9 Å². The Hall–Kier alpha value is -3.73. The van der Waals surface area contributed by atoms with E-state index < -0.39 is 12.1 Å². The van der Waals surface area contributed by atoms with Crippen LogP contribution in [0.1, 0.15) is 38.8 Å². The van der Waals surface area contributed by atoms with Crippen LogP contribution in [0.5, 0.6) is 0 Å². The van der Waals surface area contributed by atoms with Gasteiger partial charge in [-0.25, -0.2) is 4.79 Å². The summed E-state index contributed by atoms with van der Waals surface area (Å²) in [6.07, 6.45) is -0.933. The van der Waals surface area contributed by atoms with E-state index in [0.29, 0.717) is 17.7 Å². The molecule has 0 aliphatic heterocycles. The summed E-state index contributed by atoms with van der Waals surface area (Å²) in [5, 5.41) is 2.74. The van der Waals surface area contributed by atoms with Gasteiger partial charge in [-0.1, -0.05) is 72.8 Å². The molecule has 3 aromatic rings. The number of carbonyl (C=O) groups excluding carboxylic acids is 3. The normalized spacial score (nSPS) is 11.3. The van der Waals surface area contributed by atoms with Crippen molar-refractivity contribution < 1.29 is 19.1 Å². The van der Waals surface area contributed by atoms with Crippen molar-refractivity contribution in [2.45, 2.75) is 19.6 Å². The second-order valence-electron chi connectivity index (χ2n) is 6.52. The van der Waals surface area contributed by atoms with Crippen molar-refractivity contribution in [2.24, 2.45) is 0 Å². The first-order valence-electron chi connectivity index (χ1n) is 9.27. The standard InChI is InChI=1S/C24H21NO4/c1-17(23(27)25-16-18-8-4-2-5-9-18)29-24(28)21-14-12-20(13-15-21)22(26)19-10-6-3-7-11-19/h2-15,17H,16H2,1H3,(H,25,27)/t17-/m0/s1. The van der Waals surface area contributed by atoms with Gasteiger partial charge in [0, 0.05) is 17.7 Å². The lowest BCUT2D eigenvalue weighted by atomic mass is 10.0. The Morgan fingerprint density at radius 3 is 1.90 bits per heavy atom. The first kappa shape index (κ1) is 20.0. The fourth-order valence-electron chi connectivity index (χ4n) is 2.72. The van der Waals surface area contributed by atoms with E-state index in [2.05, 4.69) is 5.32 Å². The molecule has 0 saturated heterocycles. The quantitative estimate of drug-likeness (QED) is 0.495. The van der Waals surface area contributed by atoms with E-state index in [1.807, 2.05) is 36.4 Å². The van der Waals surface area contributed by atoms with Gasteiger partial charge in [0.25, 0.3) is 5.91 Å². The van der Waals surface area contributed by atoms with Gasteiger partial charge in [0.05, 0.1) is 5.56 Å². The highest BCUT2D eigenvalue weighted by Crippen LogP contribution is 2.12. The van der Waals surface area contributed by atoms with Crippen LogP contribution >= 0.6 is 0 Å². The summed E-state index contributed by atoms with van der Waals surface area (Å²) < 4.78 is 5.24. The van der Waals surface area contributed by atoms with Crippen molar-refractivity contribution in [3.05, 3.63) is 107 Å². The predicted molar refractivity (Wildman–Crippen MR) is 109 cm³/mol. The number of benzene rings is 3. The molecule has 0 spiro atoms. The molecular weight excluding hydrogens is 366 g/mol. The first-order chi connectivity index (χ1) is 14.0. The van der Waals surface area contributed by atoms with Crippen molar-refractivity contribution in [2.75, 3.05) is 0 Å². The van der Waals surface area contributed by atoms with Crippen LogP contribution in [0.2, 0.25) is 0 Å². The van der Waals surface area contributed by atoms with E-state index in [1.165, 1.54) is 19.1 Å². The number of ketones is 1. The number of nitrogens with one attached hydrogen (secondary N) is 1. The van der Waals surface area contributed by atoms with E-state index in [0.717, 1.165) is 5.56 Å². The highest BCUT2D eigenvalue weighted by atomic mass is 16.5. The molecule has 5 heteroatoms. The zero-order chi connectivity index (χ0) is 20.6. The lowest BCUT2D eigenvalue weighted by Gasteiger charge is -2.13. The van der Waals surface area contributed by atoms with Crippen molar-refractivity contribution in [1.29, 1.82) is 0 Å². The first-order valence-corrected chi connectivity index (χ1v) is 9.27. The Bertz CT molecular complexity index is 982. The van der Waals surface area contributed by atoms with Gasteiger partial charge >= 0.3 is 5.97 Å². The third-order valence-corrected chi connectivity index (χ3v) is 4.38. The van der Waals surface area contributed by atoms with Crippen molar-refractivity contribution in [1.82, 2.24) is 5.32 Å². The fraction of sp³-hybridized carbons (Fsp3) is 0.125. The number of rotatable bonds is 7. The van der Waals surface area contributed by atoms with Crippen LogP contribution in [0, 0.1) is 0 Å². The molecule has 3 rings (SSSR count). The summed E-state index contributed by atoms with van der Waals surface area (Å²) in [4.78, 5) is 36.9. The zero-order valence-corrected chi connectivity index (χ0v) is 16.0. The van der Waals surface area contributed by atoms with Crippen LogP contribution < -0.4 is 5.32 Å². The number of ether oxygens (including phenoxy) is 1. The monoisotopic (exact) mass is 387 g/mol. The molecule has 0 saturated carbocycles. The highest BCUT2D eigenvalue weighted by Gasteiger charge is 2.19. The predicted octanol–water partition coefficient (Wildman–Crippen LogP) is 3.78. The molecule has 0 aliphatic rings. The molecule has 3 aromatic carbocycles. The molecule has 1 atom stereocenters. The third kappa shape index (κ3) is 5.39. The van der Waals surface area contributed by atoms with Crippen LogP contribution in [0.15, 0.2) is 84.9 Å². The van der Waals surface area contributed by atoms with E-state index in [9.17, 15) is 14.4 Å². The van der Waals surface area contributed by atoms with E-state index in [4.69, 9.17) is 4.74 Å². The maximum atomic E-state index is 12.4. The Labute approximate surface area is 169 Å². The molecule has 0 radical (unpaired) electrons. The van der Waals surface area contributed by atoms with Gasteiger partial charge in [-0.2, -0.15) is 0 Å². The Morgan fingerprint density at radius 1 is 0.759 bits per heavy atom. The summed E-state index contributed by atoms with van der Waals surface area (Å²) >= 11 is 0. The summed E-state index contributed by atoms with van der Waals surface area (Å²) in [6, 6.07) is 24.6. The summed E-state index contributed by atoms with van der Waals surface area (Å²) in [5.41, 5.74) is 2.28. The van der Waals surface area contributed by atoms with Crippen LogP contribution in [0.4, 0.5) is 0 Å². The molecule has 146 valence electrons. The third-order valence-electron chi connectivity index (χ3n) is 4.38. The molecule has 0 fully saturated rings. The van der Waals surface area contributed by atoms with Gasteiger partial charge in [-0.05, 0) is 24.6 Å². The van der Waals surface area contributed by atoms with E-state index in [1.54, 1.807) is 36.4 Å². The molecule has 5 nitrogen and oxygen atoms in total. The Kier molecular flexibility index (Phi) is 6.53. The van der Waals surface area contributed by atoms with Gasteiger partial charge < -0.3 is 10.1 Å². The van der Waals surface area contributed by atoms with Crippen molar-refractivity contribution in [3.8, 4) is 0 Å². The van der Waals surface area contributed by atoms with E-state index >= 15 is 0 Å². The summed E-state index contributed by atoms with van der Waals surface area (Å²) in [7, 11) is 0. The topological polar surface area (TPSA) is 72.5 Å². The van der Waals surface area contributed by atoms with Crippen LogP contribution in [0.25, 0.3) is 0 Å². The Balaban J connectivity index is 1.56.